The molecule has 0 aliphatic rings. The molecule has 0 aliphatic heterocycles. The van der Waals surface area contributed by atoms with Gasteiger partial charge >= 0.3 is 0 Å². The number of imidazole rings is 1. The van der Waals surface area contributed by atoms with E-state index in [1.807, 2.05) is 6.92 Å². The van der Waals surface area contributed by atoms with Crippen LogP contribution in [-0.2, 0) is 4.79 Å². The second-order valence-corrected chi connectivity index (χ2v) is 5.65. The van der Waals surface area contributed by atoms with Crippen molar-refractivity contribution in [1.82, 2.24) is 14.9 Å². The van der Waals surface area contributed by atoms with Gasteiger partial charge in [-0.1, -0.05) is 27.2 Å². The standard InChI is InChI=1S/C15H25N3O2/c1-6-12(8-7-10(2)3)14(19)18(5)15(20)13-11(4)16-9-17-13/h9-10,12H,6-8H2,1-5H3,(H,16,17)/t12-/m0/s1. The van der Waals surface area contributed by atoms with Crippen LogP contribution in [0.5, 0.6) is 0 Å². The van der Waals surface area contributed by atoms with Crippen molar-refractivity contribution in [3.05, 3.63) is 17.7 Å². The van der Waals surface area contributed by atoms with Crippen LogP contribution in [0.15, 0.2) is 6.33 Å². The average molecular weight is 279 g/mol. The summed E-state index contributed by atoms with van der Waals surface area (Å²) < 4.78 is 0. The number of amides is 2. The smallest absolute Gasteiger partial charge is 0.280 e. The highest BCUT2D eigenvalue weighted by Crippen LogP contribution is 2.18. The molecule has 1 heterocycles. The second-order valence-electron chi connectivity index (χ2n) is 5.65. The Morgan fingerprint density at radius 1 is 1.35 bits per heavy atom. The number of rotatable bonds is 6. The monoisotopic (exact) mass is 279 g/mol. The highest BCUT2D eigenvalue weighted by molar-refractivity contribution is 6.04. The molecule has 5 heteroatoms. The fourth-order valence-corrected chi connectivity index (χ4v) is 2.14. The molecule has 0 unspecified atom stereocenters. The van der Waals surface area contributed by atoms with E-state index in [9.17, 15) is 9.59 Å². The first-order valence-electron chi connectivity index (χ1n) is 7.20. The molecule has 0 aliphatic carbocycles. The van der Waals surface area contributed by atoms with Crippen LogP contribution >= 0.6 is 0 Å². The molecule has 2 amide bonds. The molecule has 0 aromatic carbocycles. The maximum Gasteiger partial charge on any atom is 0.280 e. The topological polar surface area (TPSA) is 66.1 Å². The zero-order valence-corrected chi connectivity index (χ0v) is 13.1. The van der Waals surface area contributed by atoms with E-state index in [2.05, 4.69) is 23.8 Å². The Hall–Kier alpha value is -1.65. The van der Waals surface area contributed by atoms with Gasteiger partial charge in [-0.25, -0.2) is 4.98 Å². The van der Waals surface area contributed by atoms with Crippen molar-refractivity contribution >= 4 is 11.8 Å². The lowest BCUT2D eigenvalue weighted by molar-refractivity contribution is -0.132. The SMILES string of the molecule is CC[C@@H](CCC(C)C)C(=O)N(C)C(=O)c1nc[nH]c1C. The fourth-order valence-electron chi connectivity index (χ4n) is 2.14. The lowest BCUT2D eigenvalue weighted by Crippen LogP contribution is -2.38. The number of aryl methyl sites for hydroxylation is 1. The Balaban J connectivity index is 2.74. The number of nitrogens with zero attached hydrogens (tertiary/aromatic N) is 2. The minimum Gasteiger partial charge on any atom is -0.348 e. The number of imide groups is 1. The third kappa shape index (κ3) is 3.92. The van der Waals surface area contributed by atoms with E-state index in [0.717, 1.165) is 19.3 Å². The van der Waals surface area contributed by atoms with E-state index < -0.39 is 0 Å². The lowest BCUT2D eigenvalue weighted by Gasteiger charge is -2.21. The van der Waals surface area contributed by atoms with Gasteiger partial charge in [-0.3, -0.25) is 14.5 Å². The van der Waals surface area contributed by atoms with Crippen molar-refractivity contribution < 1.29 is 9.59 Å². The van der Waals surface area contributed by atoms with E-state index in [0.29, 0.717) is 17.3 Å². The third-order valence-electron chi connectivity index (χ3n) is 3.60. The van der Waals surface area contributed by atoms with E-state index in [4.69, 9.17) is 0 Å². The van der Waals surface area contributed by atoms with E-state index >= 15 is 0 Å². The first-order valence-corrected chi connectivity index (χ1v) is 7.20. The summed E-state index contributed by atoms with van der Waals surface area (Å²) in [5, 5.41) is 0. The lowest BCUT2D eigenvalue weighted by atomic mass is 9.94. The zero-order chi connectivity index (χ0) is 15.3. The molecule has 0 bridgehead atoms. The van der Waals surface area contributed by atoms with Crippen molar-refractivity contribution in [2.24, 2.45) is 11.8 Å². The van der Waals surface area contributed by atoms with Crippen molar-refractivity contribution in [3.8, 4) is 0 Å². The summed E-state index contributed by atoms with van der Waals surface area (Å²) in [5.74, 6) is 0.0225. The molecular formula is C15H25N3O2. The molecule has 1 aromatic heterocycles. The van der Waals surface area contributed by atoms with Crippen LogP contribution in [0.25, 0.3) is 0 Å². The largest absolute Gasteiger partial charge is 0.348 e. The maximum atomic E-state index is 12.4. The van der Waals surface area contributed by atoms with E-state index in [1.54, 1.807) is 6.92 Å². The Bertz CT molecular complexity index is 465. The molecule has 0 spiro atoms. The summed E-state index contributed by atoms with van der Waals surface area (Å²) in [5.41, 5.74) is 1.00. The van der Waals surface area contributed by atoms with Crippen LogP contribution in [-0.4, -0.2) is 33.7 Å². The molecule has 5 nitrogen and oxygen atoms in total. The molecule has 0 radical (unpaired) electrons. The normalized spacial score (nSPS) is 12.5. The number of hydrogen-bond donors (Lipinski definition) is 1. The van der Waals surface area contributed by atoms with Crippen molar-refractivity contribution in [1.29, 1.82) is 0 Å². The summed E-state index contributed by atoms with van der Waals surface area (Å²) in [6.45, 7) is 8.04. The number of H-pyrrole nitrogens is 1. The van der Waals surface area contributed by atoms with Crippen LogP contribution in [0.4, 0.5) is 0 Å². The van der Waals surface area contributed by atoms with Crippen LogP contribution in [0.1, 0.15) is 56.2 Å². The van der Waals surface area contributed by atoms with Crippen molar-refractivity contribution in [3.63, 3.8) is 0 Å². The summed E-state index contributed by atoms with van der Waals surface area (Å²) >= 11 is 0. The minimum absolute atomic E-state index is 0.0920. The van der Waals surface area contributed by atoms with E-state index in [1.165, 1.54) is 18.3 Å². The van der Waals surface area contributed by atoms with Gasteiger partial charge in [0.15, 0.2) is 0 Å². The molecular weight excluding hydrogens is 254 g/mol. The maximum absolute atomic E-state index is 12.4. The molecule has 112 valence electrons. The molecule has 1 rings (SSSR count). The Morgan fingerprint density at radius 2 is 2.00 bits per heavy atom. The summed E-state index contributed by atoms with van der Waals surface area (Å²) in [6.07, 6.45) is 4.04. The molecule has 1 aromatic rings. The molecule has 0 saturated carbocycles. The third-order valence-corrected chi connectivity index (χ3v) is 3.60. The number of nitrogens with one attached hydrogen (secondary N) is 1. The average Bonchev–Trinajstić information content (AvgIpc) is 2.83. The van der Waals surface area contributed by atoms with Gasteiger partial charge < -0.3 is 4.98 Å². The highest BCUT2D eigenvalue weighted by Gasteiger charge is 2.27. The Morgan fingerprint density at radius 3 is 2.45 bits per heavy atom. The van der Waals surface area contributed by atoms with Crippen molar-refractivity contribution in [2.45, 2.75) is 47.0 Å². The quantitative estimate of drug-likeness (QED) is 0.870. The molecule has 20 heavy (non-hydrogen) atoms. The number of hydrogen-bond acceptors (Lipinski definition) is 3. The highest BCUT2D eigenvalue weighted by atomic mass is 16.2. The molecule has 1 N–H and O–H groups in total. The number of aromatic nitrogens is 2. The Kier molecular flexibility index (Phi) is 5.92. The molecule has 0 saturated heterocycles. The van der Waals surface area contributed by atoms with Crippen LogP contribution in [0, 0.1) is 18.8 Å². The number of carbonyl (C=O) groups excluding carboxylic acids is 2. The number of aromatic amines is 1. The van der Waals surface area contributed by atoms with Gasteiger partial charge in [0.05, 0.1) is 6.33 Å². The fraction of sp³-hybridized carbons (Fsp3) is 0.667. The van der Waals surface area contributed by atoms with Gasteiger partial charge in [0.25, 0.3) is 5.91 Å². The van der Waals surface area contributed by atoms with Crippen LogP contribution < -0.4 is 0 Å². The van der Waals surface area contributed by atoms with Gasteiger partial charge in [-0.15, -0.1) is 0 Å². The zero-order valence-electron chi connectivity index (χ0n) is 13.1. The van der Waals surface area contributed by atoms with Gasteiger partial charge in [0.1, 0.15) is 5.69 Å². The van der Waals surface area contributed by atoms with Crippen LogP contribution in [0.3, 0.4) is 0 Å². The van der Waals surface area contributed by atoms with E-state index in [-0.39, 0.29) is 17.7 Å². The van der Waals surface area contributed by atoms with Gasteiger partial charge in [0, 0.05) is 18.7 Å². The second kappa shape index (κ2) is 7.22. The summed E-state index contributed by atoms with van der Waals surface area (Å²) in [6, 6.07) is 0. The predicted molar refractivity (Wildman–Crippen MR) is 78.3 cm³/mol. The van der Waals surface area contributed by atoms with Crippen LogP contribution in [0.2, 0.25) is 0 Å². The first kappa shape index (κ1) is 16.4. The van der Waals surface area contributed by atoms with Gasteiger partial charge in [-0.05, 0) is 25.7 Å². The minimum atomic E-state index is -0.336. The molecule has 0 fully saturated rings. The summed E-state index contributed by atoms with van der Waals surface area (Å²) in [7, 11) is 1.54. The van der Waals surface area contributed by atoms with Gasteiger partial charge in [0.2, 0.25) is 5.91 Å². The first-order chi connectivity index (χ1) is 9.38. The summed E-state index contributed by atoms with van der Waals surface area (Å²) in [4.78, 5) is 32.7. The Labute approximate surface area is 120 Å². The van der Waals surface area contributed by atoms with Crippen molar-refractivity contribution in [2.75, 3.05) is 7.05 Å². The number of carbonyl (C=O) groups is 2. The predicted octanol–water partition coefficient (Wildman–Crippen LogP) is 2.78. The van der Waals surface area contributed by atoms with Gasteiger partial charge in [-0.2, -0.15) is 0 Å². The molecule has 1 atom stereocenters.